The van der Waals surface area contributed by atoms with Gasteiger partial charge in [0.2, 0.25) is 0 Å². The molecule has 1 aliphatic rings. The van der Waals surface area contributed by atoms with Gasteiger partial charge in [0.25, 0.3) is 0 Å². The van der Waals surface area contributed by atoms with Crippen LogP contribution >= 0.6 is 43.2 Å². The fraction of sp³-hybridized carbons (Fsp3) is 0.545. The van der Waals surface area contributed by atoms with Gasteiger partial charge in [-0.2, -0.15) is 0 Å². The molecule has 0 unspecified atom stereocenters. The summed E-state index contributed by atoms with van der Waals surface area (Å²) in [5.74, 6) is 0.170. The van der Waals surface area contributed by atoms with Gasteiger partial charge >= 0.3 is 0 Å². The van der Waals surface area contributed by atoms with Gasteiger partial charge in [-0.1, -0.05) is 0 Å². The Morgan fingerprint density at radius 3 is 2.62 bits per heavy atom. The van der Waals surface area contributed by atoms with E-state index in [-0.39, 0.29) is 11.4 Å². The monoisotopic (exact) mass is 366 g/mol. The summed E-state index contributed by atoms with van der Waals surface area (Å²) in [5, 5.41) is 1.93. The molecule has 1 fully saturated rings. The van der Waals surface area contributed by atoms with Crippen molar-refractivity contribution in [2.75, 3.05) is 7.11 Å². The first-order chi connectivity index (χ1) is 7.58. The van der Waals surface area contributed by atoms with E-state index in [9.17, 15) is 4.79 Å². The second-order valence-corrected chi connectivity index (χ2v) is 6.59. The van der Waals surface area contributed by atoms with Crippen LogP contribution in [-0.2, 0) is 4.74 Å². The number of carbonyl (C=O) groups excluding carboxylic acids is 1. The van der Waals surface area contributed by atoms with Crippen LogP contribution in [0.5, 0.6) is 0 Å². The summed E-state index contributed by atoms with van der Waals surface area (Å²) in [7, 11) is 1.70. The Balaban J connectivity index is 2.11. The highest BCUT2D eigenvalue weighted by atomic mass is 79.9. The molecule has 1 saturated carbocycles. The predicted octanol–water partition coefficient (Wildman–Crippen LogP) is 4.42. The van der Waals surface area contributed by atoms with E-state index in [1.165, 1.54) is 11.3 Å². The third kappa shape index (κ3) is 2.28. The Hall–Kier alpha value is 0.290. The molecule has 16 heavy (non-hydrogen) atoms. The molecule has 5 heteroatoms. The van der Waals surface area contributed by atoms with Crippen LogP contribution in [0.2, 0.25) is 0 Å². The first-order valence-corrected chi connectivity index (χ1v) is 7.55. The lowest BCUT2D eigenvalue weighted by atomic mass is 9.76. The molecule has 0 spiro atoms. The average Bonchev–Trinajstić information content (AvgIpc) is 2.54. The minimum Gasteiger partial charge on any atom is -0.378 e. The SMILES string of the molecule is COC1(CC(=O)c2scc(Br)c2Br)CCC1. The third-order valence-electron chi connectivity index (χ3n) is 3.12. The smallest absolute Gasteiger partial charge is 0.176 e. The summed E-state index contributed by atoms with van der Waals surface area (Å²) in [5.41, 5.74) is -0.188. The molecule has 88 valence electrons. The first kappa shape index (κ1) is 12.7. The van der Waals surface area contributed by atoms with E-state index >= 15 is 0 Å². The summed E-state index contributed by atoms with van der Waals surface area (Å²) in [6.45, 7) is 0. The number of ketones is 1. The second-order valence-electron chi connectivity index (χ2n) is 4.07. The molecule has 2 rings (SSSR count). The van der Waals surface area contributed by atoms with E-state index in [0.29, 0.717) is 6.42 Å². The van der Waals surface area contributed by atoms with Crippen LogP contribution in [0.4, 0.5) is 0 Å². The Bertz CT molecular complexity index is 405. The van der Waals surface area contributed by atoms with E-state index in [1.54, 1.807) is 7.11 Å². The van der Waals surface area contributed by atoms with Crippen molar-refractivity contribution in [1.29, 1.82) is 0 Å². The van der Waals surface area contributed by atoms with Gasteiger partial charge in [-0.3, -0.25) is 4.79 Å². The molecule has 1 aromatic heterocycles. The van der Waals surface area contributed by atoms with Crippen molar-refractivity contribution in [3.05, 3.63) is 19.2 Å². The topological polar surface area (TPSA) is 26.3 Å². The zero-order chi connectivity index (χ0) is 11.8. The molecule has 1 aromatic rings. The van der Waals surface area contributed by atoms with Crippen LogP contribution in [0.1, 0.15) is 35.4 Å². The van der Waals surface area contributed by atoms with Crippen molar-refractivity contribution in [1.82, 2.24) is 0 Å². The Morgan fingerprint density at radius 2 is 2.25 bits per heavy atom. The van der Waals surface area contributed by atoms with Crippen LogP contribution < -0.4 is 0 Å². The van der Waals surface area contributed by atoms with E-state index in [2.05, 4.69) is 31.9 Å². The van der Waals surface area contributed by atoms with Gasteiger partial charge in [-0.25, -0.2) is 0 Å². The van der Waals surface area contributed by atoms with Crippen LogP contribution in [-0.4, -0.2) is 18.5 Å². The number of rotatable bonds is 4. The number of halogens is 2. The van der Waals surface area contributed by atoms with Crippen molar-refractivity contribution < 1.29 is 9.53 Å². The van der Waals surface area contributed by atoms with Crippen LogP contribution in [0.15, 0.2) is 14.3 Å². The molecule has 0 N–H and O–H groups in total. The van der Waals surface area contributed by atoms with Crippen molar-refractivity contribution >= 4 is 49.0 Å². The van der Waals surface area contributed by atoms with Crippen molar-refractivity contribution in [2.24, 2.45) is 0 Å². The molecule has 0 amide bonds. The van der Waals surface area contributed by atoms with Crippen LogP contribution in [0, 0.1) is 0 Å². The van der Waals surface area contributed by atoms with Gasteiger partial charge < -0.3 is 4.74 Å². The highest BCUT2D eigenvalue weighted by Gasteiger charge is 2.39. The van der Waals surface area contributed by atoms with Crippen molar-refractivity contribution in [3.8, 4) is 0 Å². The Kier molecular flexibility index (Phi) is 3.89. The highest BCUT2D eigenvalue weighted by molar-refractivity contribution is 9.13. The highest BCUT2D eigenvalue weighted by Crippen LogP contribution is 2.41. The van der Waals surface area contributed by atoms with Gasteiger partial charge in [0.1, 0.15) is 0 Å². The minimum absolute atomic E-state index is 0.170. The summed E-state index contributed by atoms with van der Waals surface area (Å²) in [4.78, 5) is 12.9. The van der Waals surface area contributed by atoms with E-state index in [0.717, 1.165) is 33.1 Å². The quantitative estimate of drug-likeness (QED) is 0.736. The number of methoxy groups -OCH3 is 1. The van der Waals surface area contributed by atoms with Gasteiger partial charge in [0.15, 0.2) is 5.78 Å². The molecular weight excluding hydrogens is 356 g/mol. The van der Waals surface area contributed by atoms with Gasteiger partial charge in [-0.15, -0.1) is 11.3 Å². The molecule has 1 aliphatic carbocycles. The molecule has 0 radical (unpaired) electrons. The molecule has 1 heterocycles. The third-order valence-corrected chi connectivity index (χ3v) is 6.69. The maximum absolute atomic E-state index is 12.1. The number of thiophene rings is 1. The normalized spacial score (nSPS) is 18.2. The lowest BCUT2D eigenvalue weighted by Crippen LogP contribution is -2.41. The van der Waals surface area contributed by atoms with E-state index < -0.39 is 0 Å². The number of Topliss-reactive ketones (excluding diaryl/α,β-unsaturated/α-hetero) is 1. The Morgan fingerprint density at radius 1 is 1.56 bits per heavy atom. The molecule has 0 saturated heterocycles. The summed E-state index contributed by atoms with van der Waals surface area (Å²) < 4.78 is 7.28. The minimum atomic E-state index is -0.188. The predicted molar refractivity (Wildman–Crippen MR) is 72.3 cm³/mol. The maximum Gasteiger partial charge on any atom is 0.176 e. The lowest BCUT2D eigenvalue weighted by molar-refractivity contribution is -0.0704. The van der Waals surface area contributed by atoms with E-state index in [4.69, 9.17) is 4.74 Å². The first-order valence-electron chi connectivity index (χ1n) is 5.09. The lowest BCUT2D eigenvalue weighted by Gasteiger charge is -2.39. The van der Waals surface area contributed by atoms with Gasteiger partial charge in [-0.05, 0) is 51.1 Å². The number of hydrogen-bond acceptors (Lipinski definition) is 3. The van der Waals surface area contributed by atoms with Crippen molar-refractivity contribution in [3.63, 3.8) is 0 Å². The summed E-state index contributed by atoms with van der Waals surface area (Å²) in [6.07, 6.45) is 3.66. The fourth-order valence-electron chi connectivity index (χ4n) is 1.91. The van der Waals surface area contributed by atoms with Crippen LogP contribution in [0.25, 0.3) is 0 Å². The maximum atomic E-state index is 12.1. The van der Waals surface area contributed by atoms with Crippen molar-refractivity contribution in [2.45, 2.75) is 31.3 Å². The Labute approximate surface area is 116 Å². The standard InChI is InChI=1S/C11H12Br2O2S/c1-15-11(3-2-4-11)5-8(14)10-9(13)7(12)6-16-10/h6H,2-5H2,1H3. The van der Waals surface area contributed by atoms with Gasteiger partial charge in [0.05, 0.1) is 15.0 Å². The average molecular weight is 368 g/mol. The zero-order valence-corrected chi connectivity index (χ0v) is 12.9. The largest absolute Gasteiger partial charge is 0.378 e. The fourth-order valence-corrected chi connectivity index (χ4v) is 4.04. The van der Waals surface area contributed by atoms with E-state index in [1.807, 2.05) is 5.38 Å². The molecule has 2 nitrogen and oxygen atoms in total. The van der Waals surface area contributed by atoms with Gasteiger partial charge in [0, 0.05) is 23.4 Å². The zero-order valence-electron chi connectivity index (χ0n) is 8.89. The summed E-state index contributed by atoms with van der Waals surface area (Å²) >= 11 is 8.29. The second kappa shape index (κ2) is 4.88. The van der Waals surface area contributed by atoms with Crippen LogP contribution in [0.3, 0.4) is 0 Å². The molecule has 0 atom stereocenters. The number of hydrogen-bond donors (Lipinski definition) is 0. The molecule has 0 aromatic carbocycles. The number of ether oxygens (including phenoxy) is 1. The molecule has 0 bridgehead atoms. The number of carbonyl (C=O) groups is 1. The molecule has 0 aliphatic heterocycles. The molecular formula is C11H12Br2O2S. The summed E-state index contributed by atoms with van der Waals surface area (Å²) in [6, 6.07) is 0.